The Morgan fingerprint density at radius 3 is 2.73 bits per heavy atom. The van der Waals surface area contributed by atoms with Crippen LogP contribution in [0.3, 0.4) is 0 Å². The molecule has 1 heterocycles. The lowest BCUT2D eigenvalue weighted by molar-refractivity contribution is 0.0636. The number of nitrogens with one attached hydrogen (secondary N) is 2. The van der Waals surface area contributed by atoms with Crippen molar-refractivity contribution in [1.82, 2.24) is 10.3 Å². The summed E-state index contributed by atoms with van der Waals surface area (Å²) in [5.74, 6) is 0. The Morgan fingerprint density at radius 1 is 1.23 bits per heavy atom. The molecule has 1 amide bonds. The number of benzene rings is 1. The molecule has 1 aliphatic rings. The molecule has 1 aliphatic carbocycles. The SMILES string of the molecule is CC(C)(C)OC(=O)Nc1ccc(CNC2CCCc3cccnc32)cc1. The van der Waals surface area contributed by atoms with Crippen LogP contribution in [0.1, 0.15) is 56.5 Å². The third-order valence-electron chi connectivity index (χ3n) is 4.35. The van der Waals surface area contributed by atoms with E-state index in [4.69, 9.17) is 4.74 Å². The van der Waals surface area contributed by atoms with Crippen molar-refractivity contribution in [2.45, 2.75) is 58.2 Å². The summed E-state index contributed by atoms with van der Waals surface area (Å²) in [6.07, 6.45) is 4.85. The van der Waals surface area contributed by atoms with Gasteiger partial charge in [-0.25, -0.2) is 4.79 Å². The van der Waals surface area contributed by atoms with Crippen LogP contribution in [0, 0.1) is 0 Å². The van der Waals surface area contributed by atoms with E-state index >= 15 is 0 Å². The molecule has 3 rings (SSSR count). The summed E-state index contributed by atoms with van der Waals surface area (Å²) in [7, 11) is 0. The lowest BCUT2D eigenvalue weighted by Crippen LogP contribution is -2.27. The van der Waals surface area contributed by atoms with Crippen LogP contribution in [0.5, 0.6) is 0 Å². The summed E-state index contributed by atoms with van der Waals surface area (Å²) in [6.45, 7) is 6.31. The van der Waals surface area contributed by atoms with E-state index in [1.807, 2.05) is 57.3 Å². The van der Waals surface area contributed by atoms with Gasteiger partial charge >= 0.3 is 6.09 Å². The molecule has 138 valence electrons. The van der Waals surface area contributed by atoms with Gasteiger partial charge in [0, 0.05) is 18.4 Å². The van der Waals surface area contributed by atoms with Crippen molar-refractivity contribution in [3.8, 4) is 0 Å². The summed E-state index contributed by atoms with van der Waals surface area (Å²) in [5, 5.41) is 6.36. The molecule has 1 atom stereocenters. The molecule has 0 bridgehead atoms. The lowest BCUT2D eigenvalue weighted by atomic mass is 9.92. The average Bonchev–Trinajstić information content (AvgIpc) is 2.59. The van der Waals surface area contributed by atoms with Crippen molar-refractivity contribution in [2.24, 2.45) is 0 Å². The van der Waals surface area contributed by atoms with Crippen LogP contribution in [0.25, 0.3) is 0 Å². The lowest BCUT2D eigenvalue weighted by Gasteiger charge is -2.25. The number of carbonyl (C=O) groups is 1. The van der Waals surface area contributed by atoms with E-state index in [2.05, 4.69) is 21.7 Å². The zero-order valence-electron chi connectivity index (χ0n) is 15.7. The number of amides is 1. The summed E-state index contributed by atoms with van der Waals surface area (Å²) in [5.41, 5.74) is 3.93. The van der Waals surface area contributed by atoms with Gasteiger partial charge < -0.3 is 10.1 Å². The highest BCUT2D eigenvalue weighted by molar-refractivity contribution is 5.84. The first-order valence-electron chi connectivity index (χ1n) is 9.17. The van der Waals surface area contributed by atoms with Gasteiger partial charge in [0.15, 0.2) is 0 Å². The number of pyridine rings is 1. The number of aromatic nitrogens is 1. The predicted octanol–water partition coefficient (Wildman–Crippen LogP) is 4.60. The molecule has 1 aromatic heterocycles. The van der Waals surface area contributed by atoms with Gasteiger partial charge in [0.1, 0.15) is 5.60 Å². The van der Waals surface area contributed by atoms with Crippen LogP contribution >= 0.6 is 0 Å². The minimum absolute atomic E-state index is 0.305. The van der Waals surface area contributed by atoms with Gasteiger partial charge in [0.25, 0.3) is 0 Å². The third kappa shape index (κ3) is 5.05. The minimum Gasteiger partial charge on any atom is -0.444 e. The number of rotatable bonds is 4. The molecule has 5 heteroatoms. The Balaban J connectivity index is 1.55. The maximum Gasteiger partial charge on any atom is 0.412 e. The number of ether oxygens (including phenoxy) is 1. The molecule has 2 N–H and O–H groups in total. The summed E-state index contributed by atoms with van der Waals surface area (Å²) in [6, 6.07) is 12.3. The Labute approximate surface area is 155 Å². The minimum atomic E-state index is -0.502. The largest absolute Gasteiger partial charge is 0.444 e. The van der Waals surface area contributed by atoms with E-state index in [-0.39, 0.29) is 0 Å². The maximum absolute atomic E-state index is 11.8. The van der Waals surface area contributed by atoms with E-state index in [1.54, 1.807) is 0 Å². The molecule has 1 aromatic carbocycles. The predicted molar refractivity (Wildman–Crippen MR) is 103 cm³/mol. The standard InChI is InChI=1S/C21H27N3O2/c1-21(2,3)26-20(25)24-17-11-9-15(10-12-17)14-23-18-8-4-6-16-7-5-13-22-19(16)18/h5,7,9-13,18,23H,4,6,8,14H2,1-3H3,(H,24,25). The van der Waals surface area contributed by atoms with Crippen molar-refractivity contribution >= 4 is 11.8 Å². The van der Waals surface area contributed by atoms with Crippen molar-refractivity contribution in [1.29, 1.82) is 0 Å². The number of hydrogen-bond acceptors (Lipinski definition) is 4. The first kappa shape index (κ1) is 18.4. The molecule has 0 aliphatic heterocycles. The summed E-state index contributed by atoms with van der Waals surface area (Å²) < 4.78 is 5.26. The molecule has 26 heavy (non-hydrogen) atoms. The number of aryl methyl sites for hydroxylation is 1. The molecular formula is C21H27N3O2. The normalized spacial score (nSPS) is 16.7. The Morgan fingerprint density at radius 2 is 2.00 bits per heavy atom. The number of nitrogens with zero attached hydrogens (tertiary/aromatic N) is 1. The quantitative estimate of drug-likeness (QED) is 0.843. The molecule has 0 fully saturated rings. The average molecular weight is 353 g/mol. The first-order chi connectivity index (χ1) is 12.4. The van der Waals surface area contributed by atoms with Crippen LogP contribution in [0.2, 0.25) is 0 Å². The fourth-order valence-electron chi connectivity index (χ4n) is 3.18. The van der Waals surface area contributed by atoms with E-state index in [1.165, 1.54) is 23.2 Å². The second kappa shape index (κ2) is 7.87. The fraction of sp³-hybridized carbons (Fsp3) is 0.429. The van der Waals surface area contributed by atoms with Gasteiger partial charge in [-0.2, -0.15) is 0 Å². The zero-order valence-corrected chi connectivity index (χ0v) is 15.7. The van der Waals surface area contributed by atoms with Crippen LogP contribution in [0.15, 0.2) is 42.6 Å². The van der Waals surface area contributed by atoms with E-state index in [0.717, 1.165) is 25.1 Å². The van der Waals surface area contributed by atoms with Gasteiger partial charge in [-0.05, 0) is 69.4 Å². The highest BCUT2D eigenvalue weighted by atomic mass is 16.6. The highest BCUT2D eigenvalue weighted by Crippen LogP contribution is 2.28. The Bertz CT molecular complexity index is 751. The second-order valence-electron chi connectivity index (χ2n) is 7.70. The second-order valence-corrected chi connectivity index (χ2v) is 7.70. The monoisotopic (exact) mass is 353 g/mol. The highest BCUT2D eigenvalue weighted by Gasteiger charge is 2.20. The molecule has 0 saturated heterocycles. The maximum atomic E-state index is 11.8. The molecular weight excluding hydrogens is 326 g/mol. The number of carbonyl (C=O) groups excluding carboxylic acids is 1. The van der Waals surface area contributed by atoms with Gasteiger partial charge in [-0.3, -0.25) is 10.3 Å². The van der Waals surface area contributed by atoms with Crippen molar-refractivity contribution in [3.05, 3.63) is 59.4 Å². The first-order valence-corrected chi connectivity index (χ1v) is 9.17. The van der Waals surface area contributed by atoms with Crippen LogP contribution in [0.4, 0.5) is 10.5 Å². The number of fused-ring (bicyclic) bond motifs is 1. The van der Waals surface area contributed by atoms with Crippen LogP contribution < -0.4 is 10.6 Å². The fourth-order valence-corrected chi connectivity index (χ4v) is 3.18. The van der Waals surface area contributed by atoms with E-state index in [9.17, 15) is 4.79 Å². The molecule has 0 saturated carbocycles. The number of hydrogen-bond donors (Lipinski definition) is 2. The molecule has 1 unspecified atom stereocenters. The van der Waals surface area contributed by atoms with Gasteiger partial charge in [0.2, 0.25) is 0 Å². The molecule has 0 radical (unpaired) electrons. The van der Waals surface area contributed by atoms with Gasteiger partial charge in [-0.1, -0.05) is 18.2 Å². The molecule has 2 aromatic rings. The molecule has 5 nitrogen and oxygen atoms in total. The van der Waals surface area contributed by atoms with Crippen LogP contribution in [-0.2, 0) is 17.7 Å². The van der Waals surface area contributed by atoms with Crippen molar-refractivity contribution in [2.75, 3.05) is 5.32 Å². The summed E-state index contributed by atoms with van der Waals surface area (Å²) in [4.78, 5) is 16.4. The smallest absolute Gasteiger partial charge is 0.412 e. The number of anilines is 1. The van der Waals surface area contributed by atoms with E-state index < -0.39 is 11.7 Å². The third-order valence-corrected chi connectivity index (χ3v) is 4.35. The Kier molecular flexibility index (Phi) is 5.57. The molecule has 0 spiro atoms. The summed E-state index contributed by atoms with van der Waals surface area (Å²) >= 11 is 0. The van der Waals surface area contributed by atoms with Crippen molar-refractivity contribution < 1.29 is 9.53 Å². The Hall–Kier alpha value is -2.40. The van der Waals surface area contributed by atoms with Crippen LogP contribution in [-0.4, -0.2) is 16.7 Å². The zero-order chi connectivity index (χ0) is 18.6. The van der Waals surface area contributed by atoms with Crippen molar-refractivity contribution in [3.63, 3.8) is 0 Å². The van der Waals surface area contributed by atoms with E-state index in [0.29, 0.717) is 6.04 Å². The van der Waals surface area contributed by atoms with Gasteiger partial charge in [-0.15, -0.1) is 0 Å². The van der Waals surface area contributed by atoms with Gasteiger partial charge in [0.05, 0.1) is 11.7 Å². The topological polar surface area (TPSA) is 63.2 Å².